The molecule has 0 aromatic carbocycles. The van der Waals surface area contributed by atoms with Crippen molar-refractivity contribution in [3.05, 3.63) is 0 Å². The molecule has 0 rings (SSSR count). The van der Waals surface area contributed by atoms with Gasteiger partial charge in [0.1, 0.15) is 0 Å². The van der Waals surface area contributed by atoms with E-state index in [1.54, 1.807) is 0 Å². The average Bonchev–Trinajstić information content (AvgIpc) is 1.87. The monoisotopic (exact) mass is 143 g/mol. The third-order valence-corrected chi connectivity index (χ3v) is 1.61. The molecule has 1 unspecified atom stereocenters. The summed E-state index contributed by atoms with van der Waals surface area (Å²) in [6.45, 7) is 5.12. The van der Waals surface area contributed by atoms with Gasteiger partial charge in [-0.2, -0.15) is 0 Å². The Morgan fingerprint density at radius 1 is 1.50 bits per heavy atom. The molecule has 0 amide bonds. The zero-order valence-corrected chi connectivity index (χ0v) is 6.80. The Labute approximate surface area is 62.5 Å². The second-order valence-corrected chi connectivity index (χ2v) is 2.61. The lowest BCUT2D eigenvalue weighted by atomic mass is 10.1. The van der Waals surface area contributed by atoms with Gasteiger partial charge in [-0.1, -0.05) is 20.3 Å². The average molecular weight is 143 g/mol. The molecule has 60 valence electrons. The van der Waals surface area contributed by atoms with E-state index in [0.29, 0.717) is 0 Å². The van der Waals surface area contributed by atoms with Crippen molar-refractivity contribution < 1.29 is 0 Å². The molecule has 0 aliphatic heterocycles. The highest BCUT2D eigenvalue weighted by molar-refractivity contribution is 5.75. The molecular formula is C7H17N3. The highest BCUT2D eigenvalue weighted by Gasteiger charge is 1.95. The summed E-state index contributed by atoms with van der Waals surface area (Å²) in [6, 6.07) is 0. The van der Waals surface area contributed by atoms with Gasteiger partial charge in [0.2, 0.25) is 0 Å². The van der Waals surface area contributed by atoms with E-state index in [1.165, 1.54) is 6.42 Å². The van der Waals surface area contributed by atoms with Crippen LogP contribution in [0, 0.1) is 5.92 Å². The Balaban J connectivity index is 3.28. The predicted molar refractivity (Wildman–Crippen MR) is 44.7 cm³/mol. The molecule has 10 heavy (non-hydrogen) atoms. The molecule has 0 heterocycles. The fourth-order valence-corrected chi connectivity index (χ4v) is 0.618. The molecule has 3 nitrogen and oxygen atoms in total. The maximum absolute atomic E-state index is 5.15. The van der Waals surface area contributed by atoms with Crippen molar-refractivity contribution in [1.82, 2.24) is 0 Å². The summed E-state index contributed by atoms with van der Waals surface area (Å²) < 4.78 is 0. The van der Waals surface area contributed by atoms with Gasteiger partial charge in [0, 0.05) is 6.54 Å². The van der Waals surface area contributed by atoms with Gasteiger partial charge in [-0.25, -0.2) is 0 Å². The number of hydrogen-bond donors (Lipinski definition) is 2. The van der Waals surface area contributed by atoms with Gasteiger partial charge in [0.15, 0.2) is 5.96 Å². The number of hydrogen-bond acceptors (Lipinski definition) is 1. The standard InChI is InChI=1S/C7H17N3/c1-3-6(2)4-5-10-7(8)9/h6H,3-5H2,1-2H3,(H4,8,9,10). The first-order valence-corrected chi connectivity index (χ1v) is 3.72. The van der Waals surface area contributed by atoms with Gasteiger partial charge in [-0.15, -0.1) is 0 Å². The van der Waals surface area contributed by atoms with Crippen LogP contribution < -0.4 is 11.5 Å². The zero-order chi connectivity index (χ0) is 7.98. The molecule has 0 aliphatic rings. The predicted octanol–water partition coefficient (Wildman–Crippen LogP) is 0.696. The number of guanidine groups is 1. The van der Waals surface area contributed by atoms with E-state index in [9.17, 15) is 0 Å². The molecule has 0 aromatic rings. The van der Waals surface area contributed by atoms with Crippen LogP contribution in [0.25, 0.3) is 0 Å². The summed E-state index contributed by atoms with van der Waals surface area (Å²) in [4.78, 5) is 3.88. The summed E-state index contributed by atoms with van der Waals surface area (Å²) >= 11 is 0. The van der Waals surface area contributed by atoms with Crippen molar-refractivity contribution in [3.8, 4) is 0 Å². The number of rotatable bonds is 4. The Morgan fingerprint density at radius 3 is 2.50 bits per heavy atom. The first-order chi connectivity index (χ1) is 4.66. The lowest BCUT2D eigenvalue weighted by Crippen LogP contribution is -2.23. The highest BCUT2D eigenvalue weighted by Crippen LogP contribution is 2.05. The van der Waals surface area contributed by atoms with Crippen LogP contribution in [-0.2, 0) is 0 Å². The molecule has 0 saturated heterocycles. The minimum atomic E-state index is 0.198. The fraction of sp³-hybridized carbons (Fsp3) is 0.857. The van der Waals surface area contributed by atoms with Crippen LogP contribution in [0.2, 0.25) is 0 Å². The summed E-state index contributed by atoms with van der Waals surface area (Å²) in [5.41, 5.74) is 10.3. The summed E-state index contributed by atoms with van der Waals surface area (Å²) in [6.07, 6.45) is 2.27. The van der Waals surface area contributed by atoms with Crippen LogP contribution in [0.15, 0.2) is 4.99 Å². The Morgan fingerprint density at radius 2 is 2.10 bits per heavy atom. The molecule has 3 heteroatoms. The fourth-order valence-electron chi connectivity index (χ4n) is 0.618. The van der Waals surface area contributed by atoms with Crippen molar-refractivity contribution in [2.75, 3.05) is 6.54 Å². The second-order valence-electron chi connectivity index (χ2n) is 2.61. The Bertz CT molecular complexity index is 105. The van der Waals surface area contributed by atoms with Gasteiger partial charge >= 0.3 is 0 Å². The largest absolute Gasteiger partial charge is 0.370 e. The van der Waals surface area contributed by atoms with Gasteiger partial charge in [-0.05, 0) is 12.3 Å². The van der Waals surface area contributed by atoms with Crippen molar-refractivity contribution in [2.45, 2.75) is 26.7 Å². The maximum Gasteiger partial charge on any atom is 0.185 e. The van der Waals surface area contributed by atoms with E-state index in [1.807, 2.05) is 0 Å². The van der Waals surface area contributed by atoms with Crippen LogP contribution in [-0.4, -0.2) is 12.5 Å². The van der Waals surface area contributed by atoms with E-state index in [4.69, 9.17) is 11.5 Å². The van der Waals surface area contributed by atoms with Crippen molar-refractivity contribution in [2.24, 2.45) is 22.4 Å². The van der Waals surface area contributed by atoms with Gasteiger partial charge in [0.05, 0.1) is 0 Å². The van der Waals surface area contributed by atoms with Crippen molar-refractivity contribution >= 4 is 5.96 Å². The van der Waals surface area contributed by atoms with E-state index >= 15 is 0 Å². The lowest BCUT2D eigenvalue weighted by molar-refractivity contribution is 0.524. The zero-order valence-electron chi connectivity index (χ0n) is 6.80. The van der Waals surface area contributed by atoms with Crippen molar-refractivity contribution in [3.63, 3.8) is 0 Å². The lowest BCUT2D eigenvalue weighted by Gasteiger charge is -2.03. The van der Waals surface area contributed by atoms with Crippen LogP contribution in [0.3, 0.4) is 0 Å². The van der Waals surface area contributed by atoms with Gasteiger partial charge in [-0.3, -0.25) is 4.99 Å². The molecule has 0 aromatic heterocycles. The topological polar surface area (TPSA) is 64.4 Å². The maximum atomic E-state index is 5.15. The first-order valence-electron chi connectivity index (χ1n) is 3.72. The normalized spacial score (nSPS) is 12.6. The third kappa shape index (κ3) is 5.41. The SMILES string of the molecule is CCC(C)CCN=C(N)N. The molecule has 0 bridgehead atoms. The van der Waals surface area contributed by atoms with Gasteiger partial charge < -0.3 is 11.5 Å². The molecule has 0 spiro atoms. The molecule has 4 N–H and O–H groups in total. The number of nitrogens with two attached hydrogens (primary N) is 2. The van der Waals surface area contributed by atoms with Crippen LogP contribution in [0.4, 0.5) is 0 Å². The first kappa shape index (κ1) is 9.27. The van der Waals surface area contributed by atoms with E-state index in [-0.39, 0.29) is 5.96 Å². The summed E-state index contributed by atoms with van der Waals surface area (Å²) in [5.74, 6) is 0.923. The van der Waals surface area contributed by atoms with Crippen LogP contribution in [0.5, 0.6) is 0 Å². The summed E-state index contributed by atoms with van der Waals surface area (Å²) in [5, 5.41) is 0. The van der Waals surface area contributed by atoms with E-state index in [0.717, 1.165) is 18.9 Å². The smallest absolute Gasteiger partial charge is 0.185 e. The minimum Gasteiger partial charge on any atom is -0.370 e. The van der Waals surface area contributed by atoms with Crippen molar-refractivity contribution in [1.29, 1.82) is 0 Å². The second kappa shape index (κ2) is 5.09. The molecule has 0 radical (unpaired) electrons. The molecule has 0 aliphatic carbocycles. The van der Waals surface area contributed by atoms with Gasteiger partial charge in [0.25, 0.3) is 0 Å². The number of nitrogens with zero attached hydrogens (tertiary/aromatic N) is 1. The summed E-state index contributed by atoms with van der Waals surface area (Å²) in [7, 11) is 0. The van der Waals surface area contributed by atoms with E-state index < -0.39 is 0 Å². The third-order valence-electron chi connectivity index (χ3n) is 1.61. The quantitative estimate of drug-likeness (QED) is 0.449. The molecule has 0 fully saturated rings. The van der Waals surface area contributed by atoms with Crippen LogP contribution >= 0.6 is 0 Å². The van der Waals surface area contributed by atoms with Crippen LogP contribution in [0.1, 0.15) is 26.7 Å². The molecule has 0 saturated carbocycles. The highest BCUT2D eigenvalue weighted by atomic mass is 15.0. The molecular weight excluding hydrogens is 126 g/mol. The minimum absolute atomic E-state index is 0.198. The Kier molecular flexibility index (Phi) is 4.72. The Hall–Kier alpha value is -0.730. The molecule has 1 atom stereocenters. The number of aliphatic imine (C=N–C) groups is 1. The van der Waals surface area contributed by atoms with E-state index in [2.05, 4.69) is 18.8 Å².